The molecular formula is C9H12ClN3O4S2. The molecular weight excluding hydrogens is 314 g/mol. The molecule has 0 radical (unpaired) electrons. The summed E-state index contributed by atoms with van der Waals surface area (Å²) in [4.78, 5) is 9.97. The fourth-order valence-corrected chi connectivity index (χ4v) is 4.97. The first kappa shape index (κ1) is 14.7. The van der Waals surface area contributed by atoms with E-state index in [1.165, 1.54) is 0 Å². The van der Waals surface area contributed by atoms with Crippen molar-refractivity contribution in [2.45, 2.75) is 23.1 Å². The Morgan fingerprint density at radius 3 is 2.79 bits per heavy atom. The van der Waals surface area contributed by atoms with Crippen LogP contribution < -0.4 is 10.0 Å². The van der Waals surface area contributed by atoms with Gasteiger partial charge in [0.15, 0.2) is 4.34 Å². The Bertz CT molecular complexity index is 607. The fourth-order valence-electron chi connectivity index (χ4n) is 1.87. The van der Waals surface area contributed by atoms with Gasteiger partial charge in [-0.3, -0.25) is 10.1 Å². The van der Waals surface area contributed by atoms with Crippen molar-refractivity contribution in [2.75, 3.05) is 13.1 Å². The molecule has 0 aliphatic carbocycles. The minimum Gasteiger partial charge on any atom is -0.315 e. The van der Waals surface area contributed by atoms with Crippen LogP contribution in [0.4, 0.5) is 5.69 Å². The van der Waals surface area contributed by atoms with Gasteiger partial charge >= 0.3 is 0 Å². The Balaban J connectivity index is 2.29. The van der Waals surface area contributed by atoms with E-state index in [0.717, 1.165) is 12.6 Å². The molecule has 106 valence electrons. The van der Waals surface area contributed by atoms with Crippen LogP contribution in [0.1, 0.15) is 13.3 Å². The van der Waals surface area contributed by atoms with Gasteiger partial charge in [-0.25, -0.2) is 13.1 Å². The molecule has 2 heterocycles. The first-order chi connectivity index (χ1) is 8.73. The van der Waals surface area contributed by atoms with Gasteiger partial charge < -0.3 is 5.32 Å². The summed E-state index contributed by atoms with van der Waals surface area (Å²) in [6, 6.07) is 0.987. The van der Waals surface area contributed by atoms with Crippen LogP contribution in [0.25, 0.3) is 0 Å². The summed E-state index contributed by atoms with van der Waals surface area (Å²) in [5, 5.41) is 13.7. The van der Waals surface area contributed by atoms with E-state index in [1.807, 2.05) is 0 Å². The summed E-state index contributed by atoms with van der Waals surface area (Å²) in [6.45, 7) is 3.03. The van der Waals surface area contributed by atoms with E-state index in [9.17, 15) is 18.5 Å². The van der Waals surface area contributed by atoms with Crippen molar-refractivity contribution >= 4 is 38.6 Å². The van der Waals surface area contributed by atoms with Gasteiger partial charge in [0, 0.05) is 18.2 Å². The molecule has 19 heavy (non-hydrogen) atoms. The first-order valence-electron chi connectivity index (χ1n) is 5.42. The van der Waals surface area contributed by atoms with E-state index >= 15 is 0 Å². The highest BCUT2D eigenvalue weighted by Crippen LogP contribution is 2.36. The number of rotatable bonds is 4. The quantitative estimate of drug-likeness (QED) is 0.642. The van der Waals surface area contributed by atoms with Crippen molar-refractivity contribution in [3.63, 3.8) is 0 Å². The molecule has 7 nitrogen and oxygen atoms in total. The van der Waals surface area contributed by atoms with Gasteiger partial charge in [-0.05, 0) is 19.9 Å². The second-order valence-electron chi connectivity index (χ2n) is 4.57. The zero-order valence-electron chi connectivity index (χ0n) is 9.97. The molecule has 2 rings (SSSR count). The zero-order valence-corrected chi connectivity index (χ0v) is 12.4. The summed E-state index contributed by atoms with van der Waals surface area (Å²) in [6.07, 6.45) is 0.660. The molecule has 0 spiro atoms. The predicted octanol–water partition coefficient (Wildman–Crippen LogP) is 1.34. The van der Waals surface area contributed by atoms with Gasteiger partial charge in [-0.2, -0.15) is 0 Å². The van der Waals surface area contributed by atoms with Crippen LogP contribution in [0, 0.1) is 10.1 Å². The number of halogens is 1. The summed E-state index contributed by atoms with van der Waals surface area (Å²) >= 11 is 6.35. The van der Waals surface area contributed by atoms with Crippen molar-refractivity contribution in [3.8, 4) is 0 Å². The van der Waals surface area contributed by atoms with Crippen LogP contribution >= 0.6 is 22.9 Å². The van der Waals surface area contributed by atoms with E-state index < -0.39 is 20.5 Å². The normalized spacial score (nSPS) is 23.7. The van der Waals surface area contributed by atoms with Crippen LogP contribution in [0.5, 0.6) is 0 Å². The first-order valence-corrected chi connectivity index (χ1v) is 8.10. The minimum atomic E-state index is -3.80. The lowest BCUT2D eigenvalue weighted by Gasteiger charge is -2.23. The molecule has 2 N–H and O–H groups in total. The molecule has 0 aromatic carbocycles. The van der Waals surface area contributed by atoms with Gasteiger partial charge in [0.25, 0.3) is 15.7 Å². The number of thiophene rings is 1. The van der Waals surface area contributed by atoms with Crippen LogP contribution in [0.2, 0.25) is 4.34 Å². The third-order valence-electron chi connectivity index (χ3n) is 2.86. The third kappa shape index (κ3) is 3.06. The van der Waals surface area contributed by atoms with Crippen molar-refractivity contribution in [1.29, 1.82) is 0 Å². The molecule has 1 fully saturated rings. The van der Waals surface area contributed by atoms with Crippen LogP contribution in [0.3, 0.4) is 0 Å². The highest BCUT2D eigenvalue weighted by Gasteiger charge is 2.35. The van der Waals surface area contributed by atoms with Crippen LogP contribution in [-0.4, -0.2) is 32.0 Å². The average Bonchev–Trinajstić information content (AvgIpc) is 2.84. The van der Waals surface area contributed by atoms with E-state index in [-0.39, 0.29) is 14.2 Å². The lowest BCUT2D eigenvalue weighted by molar-refractivity contribution is -0.384. The summed E-state index contributed by atoms with van der Waals surface area (Å²) in [5.74, 6) is 0. The monoisotopic (exact) mass is 325 g/mol. The molecule has 1 aliphatic rings. The number of sulfonamides is 1. The Kier molecular flexibility index (Phi) is 3.85. The highest BCUT2D eigenvalue weighted by atomic mass is 35.5. The van der Waals surface area contributed by atoms with Gasteiger partial charge in [-0.15, -0.1) is 11.3 Å². The van der Waals surface area contributed by atoms with E-state index in [2.05, 4.69) is 10.0 Å². The lowest BCUT2D eigenvalue weighted by atomic mass is 10.0. The molecule has 10 heteroatoms. The van der Waals surface area contributed by atoms with Gasteiger partial charge in [0.1, 0.15) is 4.21 Å². The van der Waals surface area contributed by atoms with Crippen LogP contribution in [-0.2, 0) is 10.0 Å². The molecule has 0 bridgehead atoms. The van der Waals surface area contributed by atoms with E-state index in [0.29, 0.717) is 24.3 Å². The second-order valence-corrected chi connectivity index (χ2v) is 8.14. The number of hydrogen-bond donors (Lipinski definition) is 2. The lowest BCUT2D eigenvalue weighted by Crippen LogP contribution is -2.47. The zero-order chi connectivity index (χ0) is 14.3. The predicted molar refractivity (Wildman–Crippen MR) is 72.2 cm³/mol. The summed E-state index contributed by atoms with van der Waals surface area (Å²) in [7, 11) is -3.80. The molecule has 1 atom stereocenters. The molecule has 1 saturated heterocycles. The Labute approximate surface area is 119 Å². The maximum Gasteiger partial charge on any atom is 0.300 e. The Morgan fingerprint density at radius 2 is 2.32 bits per heavy atom. The highest BCUT2D eigenvalue weighted by molar-refractivity contribution is 7.91. The van der Waals surface area contributed by atoms with Crippen LogP contribution in [0.15, 0.2) is 10.3 Å². The summed E-state index contributed by atoms with van der Waals surface area (Å²) in [5.41, 5.74) is -0.967. The van der Waals surface area contributed by atoms with Crippen molar-refractivity contribution < 1.29 is 13.3 Å². The molecule has 1 aromatic rings. The molecule has 1 unspecified atom stereocenters. The topological polar surface area (TPSA) is 101 Å². The van der Waals surface area contributed by atoms with E-state index in [1.54, 1.807) is 6.92 Å². The third-order valence-corrected chi connectivity index (χ3v) is 6.31. The summed E-state index contributed by atoms with van der Waals surface area (Å²) < 4.78 is 26.6. The standard InChI is InChI=1S/C9H12ClN3O4S2/c1-9(2-3-11-5-9)12-19(16,17)7-4-6(13(14)15)8(10)18-7/h4,11-12H,2-3,5H2,1H3. The Morgan fingerprint density at radius 1 is 1.63 bits per heavy atom. The minimum absolute atomic E-state index is 0.139. The van der Waals surface area contributed by atoms with Gasteiger partial charge in [-0.1, -0.05) is 11.6 Å². The Hall–Kier alpha value is -0.740. The van der Waals surface area contributed by atoms with Gasteiger partial charge in [0.2, 0.25) is 0 Å². The van der Waals surface area contributed by atoms with Crippen molar-refractivity contribution in [1.82, 2.24) is 10.0 Å². The van der Waals surface area contributed by atoms with Gasteiger partial charge in [0.05, 0.1) is 4.92 Å². The largest absolute Gasteiger partial charge is 0.315 e. The second kappa shape index (κ2) is 4.98. The fraction of sp³-hybridized carbons (Fsp3) is 0.556. The van der Waals surface area contributed by atoms with E-state index in [4.69, 9.17) is 11.6 Å². The number of hydrogen-bond acceptors (Lipinski definition) is 6. The molecule has 1 aliphatic heterocycles. The maximum absolute atomic E-state index is 12.2. The number of nitro groups is 1. The molecule has 0 amide bonds. The van der Waals surface area contributed by atoms with Crippen molar-refractivity contribution in [2.24, 2.45) is 0 Å². The molecule has 0 saturated carbocycles. The number of nitrogens with one attached hydrogen (secondary N) is 2. The maximum atomic E-state index is 12.2. The average molecular weight is 326 g/mol. The number of nitrogens with zero attached hydrogens (tertiary/aromatic N) is 1. The van der Waals surface area contributed by atoms with Crippen molar-refractivity contribution in [3.05, 3.63) is 20.5 Å². The SMILES string of the molecule is CC1(NS(=O)(=O)c2cc([N+](=O)[O-])c(Cl)s2)CCNC1. The molecule has 1 aromatic heterocycles. The smallest absolute Gasteiger partial charge is 0.300 e.